The number of nitrogens with one attached hydrogen (secondary N) is 1. The van der Waals surface area contributed by atoms with Crippen molar-refractivity contribution in [3.8, 4) is 11.3 Å². The minimum absolute atomic E-state index is 0.0123. The van der Waals surface area contributed by atoms with Gasteiger partial charge in [-0.25, -0.2) is 24.2 Å². The Morgan fingerprint density at radius 1 is 1.22 bits per heavy atom. The van der Waals surface area contributed by atoms with Gasteiger partial charge >= 0.3 is 12.1 Å². The normalized spacial score (nSPS) is 15.4. The second-order valence-electron chi connectivity index (χ2n) is 8.14. The van der Waals surface area contributed by atoms with Crippen LogP contribution in [0.3, 0.4) is 0 Å². The molecule has 12 heteroatoms. The van der Waals surface area contributed by atoms with Gasteiger partial charge in [-0.3, -0.25) is 9.69 Å². The van der Waals surface area contributed by atoms with Crippen molar-refractivity contribution in [2.24, 2.45) is 0 Å². The van der Waals surface area contributed by atoms with E-state index in [9.17, 15) is 19.5 Å². The first-order chi connectivity index (χ1) is 17.3. The van der Waals surface area contributed by atoms with Crippen LogP contribution in [0, 0.1) is 0 Å². The Morgan fingerprint density at radius 2 is 1.97 bits per heavy atom. The fraction of sp³-hybridized carbons (Fsp3) is 0.292. The van der Waals surface area contributed by atoms with Crippen LogP contribution >= 0.6 is 15.9 Å². The lowest BCUT2D eigenvalue weighted by atomic mass is 10.0. The number of pyridine rings is 1. The van der Waals surface area contributed by atoms with Gasteiger partial charge in [0.2, 0.25) is 0 Å². The predicted octanol–water partition coefficient (Wildman–Crippen LogP) is 4.06. The molecule has 1 fully saturated rings. The highest BCUT2D eigenvalue weighted by Crippen LogP contribution is 2.34. The Labute approximate surface area is 215 Å². The summed E-state index contributed by atoms with van der Waals surface area (Å²) in [6, 6.07) is 9.32. The second-order valence-corrected chi connectivity index (χ2v) is 9.05. The number of anilines is 1. The monoisotopic (exact) mass is 556 g/mol. The Balaban J connectivity index is 1.68. The van der Waals surface area contributed by atoms with E-state index in [4.69, 9.17) is 10.6 Å². The van der Waals surface area contributed by atoms with Crippen molar-refractivity contribution in [1.82, 2.24) is 19.5 Å². The van der Waals surface area contributed by atoms with Crippen LogP contribution in [0.5, 0.6) is 0 Å². The van der Waals surface area contributed by atoms with E-state index in [1.54, 1.807) is 49.5 Å². The molecular weight excluding hydrogens is 532 g/mol. The molecule has 2 amide bonds. The van der Waals surface area contributed by atoms with Gasteiger partial charge < -0.3 is 21.0 Å². The first-order valence-corrected chi connectivity index (χ1v) is 12.2. The van der Waals surface area contributed by atoms with E-state index in [1.165, 1.54) is 4.90 Å². The van der Waals surface area contributed by atoms with E-state index < -0.39 is 18.1 Å². The summed E-state index contributed by atoms with van der Waals surface area (Å²) in [5, 5.41) is 12.4. The van der Waals surface area contributed by atoms with E-state index in [0.717, 1.165) is 22.0 Å². The molecule has 4 rings (SSSR count). The molecule has 36 heavy (non-hydrogen) atoms. The summed E-state index contributed by atoms with van der Waals surface area (Å²) in [4.78, 5) is 47.3. The lowest BCUT2D eigenvalue weighted by molar-refractivity contribution is 0.0516. The van der Waals surface area contributed by atoms with Gasteiger partial charge in [0.05, 0.1) is 12.6 Å². The van der Waals surface area contributed by atoms with Gasteiger partial charge in [-0.15, -0.1) is 0 Å². The quantitative estimate of drug-likeness (QED) is 0.303. The third kappa shape index (κ3) is 5.18. The molecule has 0 bridgehead atoms. The zero-order chi connectivity index (χ0) is 25.8. The van der Waals surface area contributed by atoms with Crippen LogP contribution in [0.4, 0.5) is 10.6 Å². The fourth-order valence-electron chi connectivity index (χ4n) is 4.15. The number of piperidine rings is 1. The molecule has 1 unspecified atom stereocenters. The minimum Gasteiger partial charge on any atom is -0.465 e. The van der Waals surface area contributed by atoms with Crippen LogP contribution in [0.2, 0.25) is 0 Å². The van der Waals surface area contributed by atoms with Crippen molar-refractivity contribution in [3.05, 3.63) is 64.1 Å². The van der Waals surface area contributed by atoms with Crippen molar-refractivity contribution >= 4 is 39.7 Å². The number of carbonyl (C=O) groups excluding carboxylic acids is 2. The number of halogens is 1. The summed E-state index contributed by atoms with van der Waals surface area (Å²) in [6.45, 7) is 2.16. The van der Waals surface area contributed by atoms with Gasteiger partial charge in [-0.2, -0.15) is 0 Å². The Kier molecular flexibility index (Phi) is 7.53. The van der Waals surface area contributed by atoms with E-state index in [1.807, 2.05) is 0 Å². The number of imidazole rings is 1. The lowest BCUT2D eigenvalue weighted by Crippen LogP contribution is -2.39. The molecule has 4 N–H and O–H groups in total. The molecule has 1 aliphatic heterocycles. The summed E-state index contributed by atoms with van der Waals surface area (Å²) in [7, 11) is 0. The molecular formula is C24H25BrN6O5. The number of hydrogen-bond acceptors (Lipinski definition) is 7. The number of carboxylic acid groups (broad SMARTS) is 1. The van der Waals surface area contributed by atoms with Gasteiger partial charge in [0.25, 0.3) is 5.91 Å². The summed E-state index contributed by atoms with van der Waals surface area (Å²) in [5.74, 6) is 5.92. The molecule has 11 nitrogen and oxygen atoms in total. The van der Waals surface area contributed by atoms with E-state index >= 15 is 0 Å². The number of aromatic nitrogens is 3. The first kappa shape index (κ1) is 25.2. The van der Waals surface area contributed by atoms with Crippen molar-refractivity contribution in [1.29, 1.82) is 0 Å². The summed E-state index contributed by atoms with van der Waals surface area (Å²) in [6.07, 6.45) is 2.58. The lowest BCUT2D eigenvalue weighted by Gasteiger charge is -2.32. The molecule has 1 saturated heterocycles. The number of nitrogens with zero attached hydrogens (tertiary/aromatic N) is 4. The standard InChI is InChI=1S/C24H25BrN6O5/c1-2-36-23(33)20-19(29-21(31(20)26)17-5-3-4-12-30(17)24(34)35)14-6-8-15(9-7-14)22(32)28-18-13-16(25)10-11-27-18/h6-11,13,17H,2-5,12,26H2,1H3,(H,34,35)(H,27,28,32). The van der Waals surface area contributed by atoms with Crippen LogP contribution in [0.15, 0.2) is 47.1 Å². The molecule has 188 valence electrons. The van der Waals surface area contributed by atoms with Crippen molar-refractivity contribution in [3.63, 3.8) is 0 Å². The average Bonchev–Trinajstić information content (AvgIpc) is 3.21. The van der Waals surface area contributed by atoms with Crippen LogP contribution < -0.4 is 11.2 Å². The van der Waals surface area contributed by atoms with Crippen LogP contribution in [0.1, 0.15) is 58.9 Å². The highest BCUT2D eigenvalue weighted by molar-refractivity contribution is 9.10. The first-order valence-electron chi connectivity index (χ1n) is 11.4. The van der Waals surface area contributed by atoms with Gasteiger partial charge in [-0.1, -0.05) is 28.1 Å². The summed E-state index contributed by atoms with van der Waals surface area (Å²) in [5.41, 5.74) is 1.16. The minimum atomic E-state index is -1.07. The van der Waals surface area contributed by atoms with Gasteiger partial charge in [0, 0.05) is 28.3 Å². The van der Waals surface area contributed by atoms with Crippen LogP contribution in [-0.2, 0) is 4.74 Å². The number of rotatable bonds is 6. The Bertz CT molecular complexity index is 1290. The number of carbonyl (C=O) groups is 3. The van der Waals surface area contributed by atoms with Crippen molar-refractivity contribution in [2.75, 3.05) is 24.3 Å². The topological polar surface area (TPSA) is 153 Å². The van der Waals surface area contributed by atoms with E-state index in [-0.39, 0.29) is 29.7 Å². The number of hydrogen-bond donors (Lipinski definition) is 3. The number of nitrogens with two attached hydrogens (primary N) is 1. The van der Waals surface area contributed by atoms with Gasteiger partial charge in [-0.05, 0) is 50.5 Å². The molecule has 0 saturated carbocycles. The SMILES string of the molecule is CCOC(=O)c1c(-c2ccc(C(=O)Nc3cc(Br)ccn3)cc2)nc(C2CCCCN2C(=O)O)n1N. The fourth-order valence-corrected chi connectivity index (χ4v) is 4.49. The molecule has 3 heterocycles. The van der Waals surface area contributed by atoms with E-state index in [2.05, 4.69) is 31.2 Å². The Hall–Kier alpha value is -3.93. The molecule has 0 radical (unpaired) electrons. The van der Waals surface area contributed by atoms with Crippen LogP contribution in [-0.4, -0.2) is 55.8 Å². The summed E-state index contributed by atoms with van der Waals surface area (Å²) >= 11 is 3.34. The number of amides is 2. The van der Waals surface area contributed by atoms with Crippen molar-refractivity contribution in [2.45, 2.75) is 32.2 Å². The molecule has 0 spiro atoms. The van der Waals surface area contributed by atoms with Crippen molar-refractivity contribution < 1.29 is 24.2 Å². The molecule has 1 atom stereocenters. The zero-order valence-corrected chi connectivity index (χ0v) is 21.1. The smallest absolute Gasteiger partial charge is 0.407 e. The largest absolute Gasteiger partial charge is 0.465 e. The number of esters is 1. The highest BCUT2D eigenvalue weighted by atomic mass is 79.9. The number of nitrogen functional groups attached to an aromatic ring is 1. The second kappa shape index (κ2) is 10.8. The third-order valence-corrected chi connectivity index (χ3v) is 6.33. The van der Waals surface area contributed by atoms with Gasteiger partial charge in [0.1, 0.15) is 11.5 Å². The number of likely N-dealkylation sites (tertiary alicyclic amines) is 1. The molecule has 1 aliphatic rings. The average molecular weight is 557 g/mol. The highest BCUT2D eigenvalue weighted by Gasteiger charge is 2.34. The maximum absolute atomic E-state index is 12.8. The van der Waals surface area contributed by atoms with E-state index in [0.29, 0.717) is 29.9 Å². The predicted molar refractivity (Wildman–Crippen MR) is 135 cm³/mol. The summed E-state index contributed by atoms with van der Waals surface area (Å²) < 4.78 is 7.10. The zero-order valence-electron chi connectivity index (χ0n) is 19.5. The maximum atomic E-state index is 12.8. The Morgan fingerprint density at radius 3 is 2.64 bits per heavy atom. The molecule has 3 aromatic rings. The molecule has 0 aliphatic carbocycles. The third-order valence-electron chi connectivity index (χ3n) is 5.84. The number of benzene rings is 1. The van der Waals surface area contributed by atoms with Crippen LogP contribution in [0.25, 0.3) is 11.3 Å². The molecule has 1 aromatic carbocycles. The molecule has 2 aromatic heterocycles. The van der Waals surface area contributed by atoms with Gasteiger partial charge in [0.15, 0.2) is 11.5 Å². The number of ether oxygens (including phenoxy) is 1. The maximum Gasteiger partial charge on any atom is 0.407 e.